The largest absolute Gasteiger partial charge is 0.347 e. The Morgan fingerprint density at radius 3 is 2.71 bits per heavy atom. The van der Waals surface area contributed by atoms with Crippen LogP contribution in [0.4, 0.5) is 0 Å². The third-order valence-electron chi connectivity index (χ3n) is 3.51. The molecule has 0 spiro atoms. The molecule has 0 fully saturated rings. The highest BCUT2D eigenvalue weighted by Gasteiger charge is 2.15. The van der Waals surface area contributed by atoms with E-state index in [2.05, 4.69) is 55.8 Å². The second-order valence-electron chi connectivity index (χ2n) is 5.69. The summed E-state index contributed by atoms with van der Waals surface area (Å²) in [7, 11) is 0. The van der Waals surface area contributed by atoms with Crippen molar-refractivity contribution in [1.29, 1.82) is 0 Å². The predicted molar refractivity (Wildman–Crippen MR) is 74.1 cm³/mol. The zero-order valence-electron chi connectivity index (χ0n) is 11.0. The zero-order valence-corrected chi connectivity index (χ0v) is 11.0. The van der Waals surface area contributed by atoms with Crippen molar-refractivity contribution >= 4 is 10.9 Å². The summed E-state index contributed by atoms with van der Waals surface area (Å²) in [6.45, 7) is 8.37. The first-order chi connectivity index (χ1) is 8.02. The number of aromatic nitrogens is 1. The highest BCUT2D eigenvalue weighted by molar-refractivity contribution is 5.80. The second-order valence-corrected chi connectivity index (χ2v) is 5.69. The maximum atomic E-state index is 5.77. The van der Waals surface area contributed by atoms with Crippen LogP contribution in [0.2, 0.25) is 0 Å². The SMILES string of the molecule is Cc1ccc2ccn(CCC(C)(C)CN)c2c1. The molecule has 0 saturated carbocycles. The first-order valence-electron chi connectivity index (χ1n) is 6.27. The van der Waals surface area contributed by atoms with Crippen LogP contribution in [0.15, 0.2) is 30.5 Å². The van der Waals surface area contributed by atoms with Crippen molar-refractivity contribution in [3.05, 3.63) is 36.0 Å². The van der Waals surface area contributed by atoms with Crippen LogP contribution < -0.4 is 5.73 Å². The van der Waals surface area contributed by atoms with Gasteiger partial charge in [-0.1, -0.05) is 26.0 Å². The molecule has 0 atom stereocenters. The van der Waals surface area contributed by atoms with Gasteiger partial charge in [0.1, 0.15) is 0 Å². The molecule has 1 aromatic carbocycles. The van der Waals surface area contributed by atoms with Gasteiger partial charge in [0.2, 0.25) is 0 Å². The monoisotopic (exact) mass is 230 g/mol. The Balaban J connectivity index is 2.22. The fraction of sp³-hybridized carbons (Fsp3) is 0.467. The van der Waals surface area contributed by atoms with E-state index in [1.54, 1.807) is 0 Å². The molecule has 17 heavy (non-hydrogen) atoms. The van der Waals surface area contributed by atoms with E-state index in [1.807, 2.05) is 0 Å². The first kappa shape index (κ1) is 12.2. The van der Waals surface area contributed by atoms with Crippen molar-refractivity contribution in [3.8, 4) is 0 Å². The molecule has 1 aromatic heterocycles. The van der Waals surface area contributed by atoms with E-state index < -0.39 is 0 Å². The summed E-state index contributed by atoms with van der Waals surface area (Å²) in [5.74, 6) is 0. The standard InChI is InChI=1S/C15H22N2/c1-12-4-5-13-6-8-17(14(13)10-12)9-7-15(2,3)11-16/h4-6,8,10H,7,9,11,16H2,1-3H3. The second kappa shape index (κ2) is 4.53. The minimum Gasteiger partial charge on any atom is -0.347 e. The fourth-order valence-corrected chi connectivity index (χ4v) is 2.01. The van der Waals surface area contributed by atoms with Gasteiger partial charge in [-0.05, 0) is 48.4 Å². The summed E-state index contributed by atoms with van der Waals surface area (Å²) in [5, 5.41) is 1.32. The van der Waals surface area contributed by atoms with E-state index in [4.69, 9.17) is 5.73 Å². The number of rotatable bonds is 4. The van der Waals surface area contributed by atoms with Crippen molar-refractivity contribution in [2.75, 3.05) is 6.54 Å². The smallest absolute Gasteiger partial charge is 0.0482 e. The van der Waals surface area contributed by atoms with Crippen LogP contribution in [-0.2, 0) is 6.54 Å². The average Bonchev–Trinajstić information content (AvgIpc) is 2.69. The van der Waals surface area contributed by atoms with Gasteiger partial charge in [-0.15, -0.1) is 0 Å². The summed E-state index contributed by atoms with van der Waals surface area (Å²) in [6, 6.07) is 8.79. The summed E-state index contributed by atoms with van der Waals surface area (Å²) in [5.41, 5.74) is 8.64. The Kier molecular flexibility index (Phi) is 3.25. The van der Waals surface area contributed by atoms with Crippen molar-refractivity contribution in [3.63, 3.8) is 0 Å². The number of aryl methyl sites for hydroxylation is 2. The van der Waals surface area contributed by atoms with Crippen LogP contribution in [0.5, 0.6) is 0 Å². The van der Waals surface area contributed by atoms with Gasteiger partial charge < -0.3 is 10.3 Å². The molecule has 0 bridgehead atoms. The molecule has 0 aliphatic rings. The van der Waals surface area contributed by atoms with Crippen LogP contribution in [0.1, 0.15) is 25.8 Å². The van der Waals surface area contributed by atoms with Gasteiger partial charge in [0.05, 0.1) is 0 Å². The third-order valence-corrected chi connectivity index (χ3v) is 3.51. The molecule has 1 heterocycles. The van der Waals surface area contributed by atoms with Gasteiger partial charge in [0, 0.05) is 18.3 Å². The molecule has 0 aliphatic carbocycles. The minimum atomic E-state index is 0.223. The fourth-order valence-electron chi connectivity index (χ4n) is 2.01. The summed E-state index contributed by atoms with van der Waals surface area (Å²) < 4.78 is 2.33. The summed E-state index contributed by atoms with van der Waals surface area (Å²) in [6.07, 6.45) is 3.29. The molecule has 2 N–H and O–H groups in total. The molecule has 0 amide bonds. The first-order valence-corrected chi connectivity index (χ1v) is 6.27. The van der Waals surface area contributed by atoms with Crippen LogP contribution in [0.3, 0.4) is 0 Å². The van der Waals surface area contributed by atoms with Crippen molar-refractivity contribution in [2.24, 2.45) is 11.1 Å². The minimum absolute atomic E-state index is 0.223. The Bertz CT molecular complexity index is 509. The molecule has 92 valence electrons. The topological polar surface area (TPSA) is 30.9 Å². The maximum absolute atomic E-state index is 5.77. The van der Waals surface area contributed by atoms with Gasteiger partial charge in [-0.3, -0.25) is 0 Å². The van der Waals surface area contributed by atoms with E-state index in [0.717, 1.165) is 19.5 Å². The Labute approximate surface area is 103 Å². The van der Waals surface area contributed by atoms with E-state index >= 15 is 0 Å². The van der Waals surface area contributed by atoms with Crippen LogP contribution >= 0.6 is 0 Å². The molecule has 0 saturated heterocycles. The molecule has 0 aliphatic heterocycles. The van der Waals surface area contributed by atoms with Crippen molar-refractivity contribution in [1.82, 2.24) is 4.57 Å². The van der Waals surface area contributed by atoms with Gasteiger partial charge in [-0.2, -0.15) is 0 Å². The highest BCUT2D eigenvalue weighted by Crippen LogP contribution is 2.22. The number of fused-ring (bicyclic) bond motifs is 1. The molecular weight excluding hydrogens is 208 g/mol. The van der Waals surface area contributed by atoms with Gasteiger partial charge in [-0.25, -0.2) is 0 Å². The van der Waals surface area contributed by atoms with Crippen LogP contribution in [0, 0.1) is 12.3 Å². The van der Waals surface area contributed by atoms with Crippen molar-refractivity contribution < 1.29 is 0 Å². The average molecular weight is 230 g/mol. The van der Waals surface area contributed by atoms with Crippen LogP contribution in [-0.4, -0.2) is 11.1 Å². The summed E-state index contributed by atoms with van der Waals surface area (Å²) in [4.78, 5) is 0. The third kappa shape index (κ3) is 2.70. The maximum Gasteiger partial charge on any atom is 0.0482 e. The predicted octanol–water partition coefficient (Wildman–Crippen LogP) is 3.32. The Hall–Kier alpha value is -1.28. The lowest BCUT2D eigenvalue weighted by Gasteiger charge is -2.22. The Morgan fingerprint density at radius 1 is 1.24 bits per heavy atom. The van der Waals surface area contributed by atoms with Gasteiger partial charge in [0.15, 0.2) is 0 Å². The number of hydrogen-bond donors (Lipinski definition) is 1. The van der Waals surface area contributed by atoms with Gasteiger partial charge in [0.25, 0.3) is 0 Å². The zero-order chi connectivity index (χ0) is 12.5. The molecule has 0 unspecified atom stereocenters. The lowest BCUT2D eigenvalue weighted by molar-refractivity contribution is 0.327. The molecule has 2 aromatic rings. The number of nitrogens with zero attached hydrogens (tertiary/aromatic N) is 1. The number of hydrogen-bond acceptors (Lipinski definition) is 1. The molecule has 0 radical (unpaired) electrons. The lowest BCUT2D eigenvalue weighted by atomic mass is 9.90. The van der Waals surface area contributed by atoms with E-state index in [0.29, 0.717) is 0 Å². The number of benzene rings is 1. The molecule has 2 nitrogen and oxygen atoms in total. The number of nitrogens with two attached hydrogens (primary N) is 1. The van der Waals surface area contributed by atoms with E-state index in [-0.39, 0.29) is 5.41 Å². The highest BCUT2D eigenvalue weighted by atomic mass is 14.9. The quantitative estimate of drug-likeness (QED) is 0.858. The molecule has 2 rings (SSSR count). The normalized spacial score (nSPS) is 12.2. The lowest BCUT2D eigenvalue weighted by Crippen LogP contribution is -2.24. The molecular formula is C15H22N2. The van der Waals surface area contributed by atoms with Gasteiger partial charge >= 0.3 is 0 Å². The van der Waals surface area contributed by atoms with Crippen LogP contribution in [0.25, 0.3) is 10.9 Å². The Morgan fingerprint density at radius 2 is 2.00 bits per heavy atom. The van der Waals surface area contributed by atoms with E-state index in [1.165, 1.54) is 16.5 Å². The van der Waals surface area contributed by atoms with Crippen molar-refractivity contribution in [2.45, 2.75) is 33.7 Å². The molecule has 2 heteroatoms. The van der Waals surface area contributed by atoms with E-state index in [9.17, 15) is 0 Å². The summed E-state index contributed by atoms with van der Waals surface area (Å²) >= 11 is 0.